The fourth-order valence-electron chi connectivity index (χ4n) is 5.78. The van der Waals surface area contributed by atoms with E-state index in [9.17, 15) is 0 Å². The Kier molecular flexibility index (Phi) is 4.89. The summed E-state index contributed by atoms with van der Waals surface area (Å²) in [5, 5.41) is 2.77. The quantitative estimate of drug-likeness (QED) is 0.258. The highest BCUT2D eigenvalue weighted by Gasteiger charge is 2.27. The number of benzene rings is 5. The molecule has 2 aliphatic rings. The Morgan fingerprint density at radius 2 is 1.31 bits per heavy atom. The van der Waals surface area contributed by atoms with Crippen molar-refractivity contribution in [2.24, 2.45) is 0 Å². The Bertz CT molecular complexity index is 1650. The lowest BCUT2D eigenvalue weighted by atomic mass is 9.80. The van der Waals surface area contributed by atoms with Gasteiger partial charge in [0.2, 0.25) is 0 Å². The van der Waals surface area contributed by atoms with Crippen molar-refractivity contribution in [3.05, 3.63) is 144 Å². The lowest BCUT2D eigenvalue weighted by Crippen LogP contribution is -2.19. The minimum atomic E-state index is 0.959. The molecule has 5 aromatic rings. The first-order valence-electron chi connectivity index (χ1n) is 12.7. The molecule has 0 bridgehead atoms. The van der Waals surface area contributed by atoms with Crippen molar-refractivity contribution in [3.8, 4) is 11.1 Å². The first-order chi connectivity index (χ1) is 17.8. The molecular weight excluding hydrogens is 434 g/mol. The summed E-state index contributed by atoms with van der Waals surface area (Å²) in [5.41, 5.74) is 13.0. The zero-order valence-corrected chi connectivity index (χ0v) is 20.4. The molecule has 0 spiro atoms. The van der Waals surface area contributed by atoms with Gasteiger partial charge in [0.1, 0.15) is 0 Å². The number of hydrogen-bond acceptors (Lipinski definition) is 1. The molecule has 0 aliphatic heterocycles. The van der Waals surface area contributed by atoms with Gasteiger partial charge >= 0.3 is 0 Å². The van der Waals surface area contributed by atoms with Crippen LogP contribution in [0.3, 0.4) is 0 Å². The highest BCUT2D eigenvalue weighted by Crippen LogP contribution is 2.46. The highest BCUT2D eigenvalue weighted by atomic mass is 15.1. The Balaban J connectivity index is 1.40. The molecule has 0 fully saturated rings. The van der Waals surface area contributed by atoms with Crippen LogP contribution in [0.15, 0.2) is 121 Å². The Hall–Kier alpha value is -4.36. The summed E-state index contributed by atoms with van der Waals surface area (Å²) < 4.78 is 0. The summed E-state index contributed by atoms with van der Waals surface area (Å²) in [6.45, 7) is 2.15. The fourth-order valence-corrected chi connectivity index (χ4v) is 5.78. The average molecular weight is 462 g/mol. The third kappa shape index (κ3) is 3.39. The van der Waals surface area contributed by atoms with Crippen LogP contribution in [0.4, 0.5) is 11.4 Å². The lowest BCUT2D eigenvalue weighted by molar-refractivity contribution is 1.19. The van der Waals surface area contributed by atoms with E-state index in [2.05, 4.69) is 133 Å². The predicted molar refractivity (Wildman–Crippen MR) is 153 cm³/mol. The number of hydrogen-bond donors (Lipinski definition) is 0. The smallest absolute Gasteiger partial charge is 0.0503 e. The van der Waals surface area contributed by atoms with Gasteiger partial charge in [0, 0.05) is 16.9 Å². The molecule has 1 heteroatoms. The molecule has 36 heavy (non-hydrogen) atoms. The largest absolute Gasteiger partial charge is 0.310 e. The fraction of sp³-hybridized carbons (Fsp3) is 0.0857. The Morgan fingerprint density at radius 1 is 0.583 bits per heavy atom. The van der Waals surface area contributed by atoms with Crippen molar-refractivity contribution in [1.29, 1.82) is 0 Å². The van der Waals surface area contributed by atoms with Crippen LogP contribution in [0.1, 0.15) is 28.7 Å². The van der Waals surface area contributed by atoms with Gasteiger partial charge in [-0.3, -0.25) is 0 Å². The minimum Gasteiger partial charge on any atom is -0.310 e. The second kappa shape index (κ2) is 8.39. The molecule has 0 atom stereocenters. The molecule has 0 saturated heterocycles. The van der Waals surface area contributed by atoms with Crippen LogP contribution < -0.4 is 4.90 Å². The van der Waals surface area contributed by atoms with Gasteiger partial charge in [-0.1, -0.05) is 103 Å². The van der Waals surface area contributed by atoms with Crippen LogP contribution in [0.2, 0.25) is 0 Å². The number of aryl methyl sites for hydroxylation is 1. The maximum Gasteiger partial charge on any atom is 0.0503 e. The van der Waals surface area contributed by atoms with E-state index in [1.807, 2.05) is 0 Å². The van der Waals surface area contributed by atoms with Crippen LogP contribution in [0.5, 0.6) is 0 Å². The Labute approximate surface area is 212 Å². The maximum atomic E-state index is 2.43. The van der Waals surface area contributed by atoms with Gasteiger partial charge in [-0.25, -0.2) is 0 Å². The van der Waals surface area contributed by atoms with Gasteiger partial charge in [0.05, 0.1) is 5.70 Å². The summed E-state index contributed by atoms with van der Waals surface area (Å²) in [5.74, 6) is 0. The summed E-state index contributed by atoms with van der Waals surface area (Å²) in [7, 11) is 0. The van der Waals surface area contributed by atoms with E-state index in [0.29, 0.717) is 0 Å². The van der Waals surface area contributed by atoms with E-state index in [4.69, 9.17) is 0 Å². The molecule has 5 aromatic carbocycles. The van der Waals surface area contributed by atoms with Gasteiger partial charge in [-0.15, -0.1) is 0 Å². The summed E-state index contributed by atoms with van der Waals surface area (Å²) >= 11 is 0. The lowest BCUT2D eigenvalue weighted by Gasteiger charge is -2.34. The first-order valence-corrected chi connectivity index (χ1v) is 12.7. The van der Waals surface area contributed by atoms with E-state index in [1.54, 1.807) is 0 Å². The molecule has 0 N–H and O–H groups in total. The standard InChI is InChI=1S/C35H27N/c1-24-10-18-30(19-11-24)36(31-20-14-26(15-21-31)25-6-3-2-4-7-25)33-23-17-29-13-12-27-8-5-9-28-16-22-32(33)35(29)34(27)28/h2-11,13-16,18-23H,12,17H2,1H3. The molecule has 7 rings (SSSR count). The third-order valence-electron chi connectivity index (χ3n) is 7.58. The van der Waals surface area contributed by atoms with Gasteiger partial charge in [0.25, 0.3) is 0 Å². The zero-order chi connectivity index (χ0) is 24.1. The number of allylic oxidation sites excluding steroid dienone is 3. The molecule has 0 heterocycles. The van der Waals surface area contributed by atoms with Gasteiger partial charge in [-0.2, -0.15) is 0 Å². The molecule has 172 valence electrons. The topological polar surface area (TPSA) is 3.24 Å². The molecule has 0 unspecified atom stereocenters. The summed E-state index contributed by atoms with van der Waals surface area (Å²) in [6, 6.07) is 39.8. The van der Waals surface area contributed by atoms with Crippen molar-refractivity contribution in [2.45, 2.75) is 19.8 Å². The van der Waals surface area contributed by atoms with Gasteiger partial charge in [-0.05, 0) is 82.6 Å². The second-order valence-electron chi connectivity index (χ2n) is 9.81. The van der Waals surface area contributed by atoms with Crippen LogP contribution in [-0.2, 0) is 6.42 Å². The van der Waals surface area contributed by atoms with Crippen LogP contribution in [-0.4, -0.2) is 0 Å². The SMILES string of the molecule is Cc1ccc(N(C2=CCC3=CCc4cccc5ccc2c3c45)c2ccc(-c3ccccc3)cc2)cc1. The molecule has 0 aromatic heterocycles. The first kappa shape index (κ1) is 21.0. The molecule has 2 aliphatic carbocycles. The third-order valence-corrected chi connectivity index (χ3v) is 7.58. The monoisotopic (exact) mass is 461 g/mol. The second-order valence-corrected chi connectivity index (χ2v) is 9.81. The normalized spacial score (nSPS) is 13.8. The van der Waals surface area contributed by atoms with Crippen LogP contribution >= 0.6 is 0 Å². The molecule has 1 nitrogen and oxygen atoms in total. The summed E-state index contributed by atoms with van der Waals surface area (Å²) in [4.78, 5) is 2.43. The average Bonchev–Trinajstić information content (AvgIpc) is 2.94. The zero-order valence-electron chi connectivity index (χ0n) is 20.4. The number of anilines is 2. The van der Waals surface area contributed by atoms with E-state index in [1.165, 1.54) is 66.8 Å². The van der Waals surface area contributed by atoms with E-state index in [0.717, 1.165) is 12.8 Å². The minimum absolute atomic E-state index is 0.959. The molecule has 0 amide bonds. The van der Waals surface area contributed by atoms with Crippen molar-refractivity contribution < 1.29 is 0 Å². The van der Waals surface area contributed by atoms with Crippen LogP contribution in [0.25, 0.3) is 33.2 Å². The summed E-state index contributed by atoms with van der Waals surface area (Å²) in [6.07, 6.45) is 6.83. The van der Waals surface area contributed by atoms with E-state index >= 15 is 0 Å². The van der Waals surface area contributed by atoms with Crippen molar-refractivity contribution in [2.75, 3.05) is 4.90 Å². The molecule has 0 saturated carbocycles. The van der Waals surface area contributed by atoms with Crippen LogP contribution in [0, 0.1) is 6.92 Å². The van der Waals surface area contributed by atoms with Gasteiger partial charge < -0.3 is 4.90 Å². The molecule has 0 radical (unpaired) electrons. The van der Waals surface area contributed by atoms with Gasteiger partial charge in [0.15, 0.2) is 0 Å². The highest BCUT2D eigenvalue weighted by molar-refractivity contribution is 6.06. The van der Waals surface area contributed by atoms with E-state index < -0.39 is 0 Å². The number of rotatable bonds is 4. The van der Waals surface area contributed by atoms with Crippen molar-refractivity contribution >= 4 is 33.4 Å². The molecular formula is C35H27N. The maximum absolute atomic E-state index is 2.43. The predicted octanol–water partition coefficient (Wildman–Crippen LogP) is 9.34. The van der Waals surface area contributed by atoms with Crippen molar-refractivity contribution in [1.82, 2.24) is 0 Å². The van der Waals surface area contributed by atoms with E-state index in [-0.39, 0.29) is 0 Å². The number of nitrogens with zero attached hydrogens (tertiary/aromatic N) is 1. The van der Waals surface area contributed by atoms with Crippen molar-refractivity contribution in [3.63, 3.8) is 0 Å². The Morgan fingerprint density at radius 3 is 2.08 bits per heavy atom.